The molecule has 1 aromatic heterocycles. The zero-order valence-corrected chi connectivity index (χ0v) is 20.4. The highest BCUT2D eigenvalue weighted by Gasteiger charge is 2.39. The maximum absolute atomic E-state index is 13.4. The maximum Gasteiger partial charge on any atom is 0.250 e. The molecule has 3 atom stereocenters. The Morgan fingerprint density at radius 1 is 0.971 bits per heavy atom. The van der Waals surface area contributed by atoms with Crippen LogP contribution in [0.4, 0.5) is 5.69 Å². The van der Waals surface area contributed by atoms with Crippen molar-refractivity contribution in [2.45, 2.75) is 43.0 Å². The number of fused-ring (bicyclic) bond motifs is 4. The fourth-order valence-electron chi connectivity index (χ4n) is 5.40. The topological polar surface area (TPSA) is 88.5 Å². The molecule has 1 N–H and O–H groups in total. The molecule has 1 saturated heterocycles. The molecule has 3 unspecified atom stereocenters. The Hall–Kier alpha value is -3.23. The number of hydrogen-bond donors (Lipinski definition) is 1. The van der Waals surface area contributed by atoms with Crippen molar-refractivity contribution >= 4 is 21.6 Å². The van der Waals surface area contributed by atoms with Gasteiger partial charge in [-0.05, 0) is 54.7 Å². The molecule has 3 aromatic rings. The number of aromatic nitrogens is 1. The lowest BCUT2D eigenvalue weighted by Gasteiger charge is -2.42. The van der Waals surface area contributed by atoms with Crippen LogP contribution in [0.25, 0.3) is 0 Å². The second kappa shape index (κ2) is 9.43. The predicted octanol–water partition coefficient (Wildman–Crippen LogP) is 3.79. The van der Waals surface area contributed by atoms with Crippen LogP contribution in [0, 0.1) is 5.92 Å². The molecule has 5 rings (SSSR count). The van der Waals surface area contributed by atoms with Crippen LogP contribution in [0.5, 0.6) is 0 Å². The third-order valence-corrected chi connectivity index (χ3v) is 8.98. The van der Waals surface area contributed by atoms with E-state index in [0.29, 0.717) is 31.7 Å². The average molecular weight is 492 g/mol. The molecule has 2 aliphatic rings. The van der Waals surface area contributed by atoms with Gasteiger partial charge in [0.25, 0.3) is 5.56 Å². The summed E-state index contributed by atoms with van der Waals surface area (Å²) in [7, 11) is -3.69. The van der Waals surface area contributed by atoms with Gasteiger partial charge in [0.05, 0.1) is 10.8 Å². The summed E-state index contributed by atoms with van der Waals surface area (Å²) in [5, 5.41) is 2.92. The summed E-state index contributed by atoms with van der Waals surface area (Å²) >= 11 is 0. The Kier molecular flexibility index (Phi) is 6.34. The normalized spacial score (nSPS) is 20.6. The van der Waals surface area contributed by atoms with Crippen LogP contribution >= 0.6 is 0 Å². The zero-order chi connectivity index (χ0) is 24.6. The van der Waals surface area contributed by atoms with E-state index in [9.17, 15) is 18.0 Å². The Morgan fingerprint density at radius 3 is 2.43 bits per heavy atom. The van der Waals surface area contributed by atoms with Gasteiger partial charge in [-0.3, -0.25) is 9.59 Å². The van der Waals surface area contributed by atoms with Crippen molar-refractivity contribution in [3.05, 3.63) is 94.4 Å². The van der Waals surface area contributed by atoms with Crippen molar-refractivity contribution in [1.82, 2.24) is 8.87 Å². The van der Waals surface area contributed by atoms with Crippen LogP contribution in [-0.2, 0) is 21.4 Å². The number of hydrogen-bond acceptors (Lipinski definition) is 4. The SMILES string of the molecule is CCC(C(=O)Nc1ccc(S(=O)(=O)N2CC3CC(C2)c2cccc(=O)n2C3)cc1)c1ccccc1. The first-order chi connectivity index (χ1) is 16.9. The second-order valence-corrected chi connectivity index (χ2v) is 11.3. The molecule has 2 aliphatic heterocycles. The van der Waals surface area contributed by atoms with E-state index >= 15 is 0 Å². The number of carbonyl (C=O) groups excluding carboxylic acids is 1. The molecular formula is C27H29N3O4S. The first kappa shape index (κ1) is 23.5. The van der Waals surface area contributed by atoms with Crippen molar-refractivity contribution in [2.24, 2.45) is 5.92 Å². The summed E-state index contributed by atoms with van der Waals surface area (Å²) in [5.74, 6) is -0.276. The lowest BCUT2D eigenvalue weighted by molar-refractivity contribution is -0.117. The van der Waals surface area contributed by atoms with Gasteiger partial charge in [-0.25, -0.2) is 8.42 Å². The fraction of sp³-hybridized carbons (Fsp3) is 0.333. The standard InChI is InChI=1S/C27H29N3O4S/c1-2-24(20-7-4-3-5-8-20)27(32)28-22-11-13-23(14-12-22)35(33,34)29-16-19-15-21(18-29)25-9-6-10-26(31)30(25)17-19/h3-14,19,21,24H,2,15-18H2,1H3,(H,28,32). The molecule has 182 valence electrons. The molecule has 8 heteroatoms. The molecular weight excluding hydrogens is 462 g/mol. The molecule has 35 heavy (non-hydrogen) atoms. The number of carbonyl (C=O) groups is 1. The Morgan fingerprint density at radius 2 is 1.71 bits per heavy atom. The van der Waals surface area contributed by atoms with Gasteiger partial charge in [-0.15, -0.1) is 0 Å². The lowest BCUT2D eigenvalue weighted by Crippen LogP contribution is -2.48. The van der Waals surface area contributed by atoms with Gasteiger partial charge in [0.15, 0.2) is 0 Å². The molecule has 2 aromatic carbocycles. The number of anilines is 1. The first-order valence-electron chi connectivity index (χ1n) is 12.0. The van der Waals surface area contributed by atoms with Crippen LogP contribution in [0.2, 0.25) is 0 Å². The summed E-state index contributed by atoms with van der Waals surface area (Å²) in [6, 6.07) is 21.2. The van der Waals surface area contributed by atoms with E-state index in [1.807, 2.05) is 43.3 Å². The van der Waals surface area contributed by atoms with E-state index in [4.69, 9.17) is 0 Å². The molecule has 3 heterocycles. The van der Waals surface area contributed by atoms with Crippen molar-refractivity contribution in [2.75, 3.05) is 18.4 Å². The Bertz CT molecular complexity index is 1380. The van der Waals surface area contributed by atoms with Gasteiger partial charge in [0.1, 0.15) is 0 Å². The lowest BCUT2D eigenvalue weighted by atomic mass is 9.84. The van der Waals surface area contributed by atoms with Crippen LogP contribution in [0.15, 0.2) is 82.5 Å². The number of sulfonamides is 1. The molecule has 0 saturated carbocycles. The summed E-state index contributed by atoms with van der Waals surface area (Å²) in [5.41, 5.74) is 2.40. The van der Waals surface area contributed by atoms with E-state index in [2.05, 4.69) is 5.32 Å². The monoisotopic (exact) mass is 491 g/mol. The summed E-state index contributed by atoms with van der Waals surface area (Å²) in [4.78, 5) is 25.3. The largest absolute Gasteiger partial charge is 0.326 e. The van der Waals surface area contributed by atoms with Gasteiger partial charge >= 0.3 is 0 Å². The highest BCUT2D eigenvalue weighted by Crippen LogP contribution is 2.37. The Labute approximate surface area is 205 Å². The quantitative estimate of drug-likeness (QED) is 0.568. The van der Waals surface area contributed by atoms with E-state index < -0.39 is 10.0 Å². The van der Waals surface area contributed by atoms with E-state index in [1.54, 1.807) is 45.3 Å². The molecule has 7 nitrogen and oxygen atoms in total. The number of amides is 1. The Balaban J connectivity index is 1.31. The van der Waals surface area contributed by atoms with Gasteiger partial charge in [0, 0.05) is 43.0 Å². The number of pyridine rings is 1. The summed E-state index contributed by atoms with van der Waals surface area (Å²) in [6.45, 7) is 3.27. The maximum atomic E-state index is 13.4. The minimum absolute atomic E-state index is 0.00806. The van der Waals surface area contributed by atoms with Gasteiger partial charge < -0.3 is 9.88 Å². The highest BCUT2D eigenvalue weighted by atomic mass is 32.2. The molecule has 0 radical (unpaired) electrons. The number of benzene rings is 2. The minimum atomic E-state index is -3.69. The van der Waals surface area contributed by atoms with Crippen molar-refractivity contribution < 1.29 is 13.2 Å². The van der Waals surface area contributed by atoms with Gasteiger partial charge in [-0.2, -0.15) is 4.31 Å². The third-order valence-electron chi connectivity index (χ3n) is 7.13. The minimum Gasteiger partial charge on any atom is -0.326 e. The van der Waals surface area contributed by atoms with E-state index in [1.165, 1.54) is 0 Å². The van der Waals surface area contributed by atoms with Crippen LogP contribution < -0.4 is 10.9 Å². The molecule has 1 fully saturated rings. The summed E-state index contributed by atoms with van der Waals surface area (Å²) in [6.07, 6.45) is 1.55. The molecule has 1 amide bonds. The average Bonchev–Trinajstić information content (AvgIpc) is 2.86. The smallest absolute Gasteiger partial charge is 0.250 e. The molecule has 2 bridgehead atoms. The fourth-order valence-corrected chi connectivity index (χ4v) is 6.96. The summed E-state index contributed by atoms with van der Waals surface area (Å²) < 4.78 is 30.2. The van der Waals surface area contributed by atoms with Crippen molar-refractivity contribution in [1.29, 1.82) is 0 Å². The van der Waals surface area contributed by atoms with Gasteiger partial charge in [0.2, 0.25) is 15.9 Å². The number of piperidine rings is 1. The first-order valence-corrected chi connectivity index (χ1v) is 13.5. The second-order valence-electron chi connectivity index (χ2n) is 9.41. The van der Waals surface area contributed by atoms with Crippen molar-refractivity contribution in [3.8, 4) is 0 Å². The van der Waals surface area contributed by atoms with E-state index in [-0.39, 0.29) is 34.1 Å². The van der Waals surface area contributed by atoms with Crippen molar-refractivity contribution in [3.63, 3.8) is 0 Å². The van der Waals surface area contributed by atoms with Crippen LogP contribution in [0.1, 0.15) is 42.9 Å². The molecule has 0 spiro atoms. The zero-order valence-electron chi connectivity index (χ0n) is 19.6. The predicted molar refractivity (Wildman–Crippen MR) is 135 cm³/mol. The van der Waals surface area contributed by atoms with Crippen LogP contribution in [-0.4, -0.2) is 36.3 Å². The number of rotatable bonds is 6. The molecule has 0 aliphatic carbocycles. The van der Waals surface area contributed by atoms with E-state index in [0.717, 1.165) is 17.7 Å². The third kappa shape index (κ3) is 4.56. The highest BCUT2D eigenvalue weighted by molar-refractivity contribution is 7.89. The van der Waals surface area contributed by atoms with Crippen LogP contribution in [0.3, 0.4) is 0 Å². The number of nitrogens with zero attached hydrogens (tertiary/aromatic N) is 2. The number of nitrogens with one attached hydrogen (secondary N) is 1. The van der Waals surface area contributed by atoms with Gasteiger partial charge in [-0.1, -0.05) is 43.3 Å².